The molecular weight excluding hydrogens is 256 g/mol. The molecule has 0 bridgehead atoms. The zero-order chi connectivity index (χ0) is 10.3. The molecule has 2 heteroatoms. The SMILES string of the molecule is [CH]1[CH][CH][CH][CH]1.[CH]1[CH][CH][C](c2ccsc2)[CH]1.[Fe+2]. The van der Waals surface area contributed by atoms with Crippen molar-refractivity contribution < 1.29 is 17.1 Å². The van der Waals surface area contributed by atoms with Crippen molar-refractivity contribution in [2.75, 3.05) is 0 Å². The molecule has 0 aromatic carbocycles. The Kier molecular flexibility index (Phi) is 7.44. The van der Waals surface area contributed by atoms with E-state index in [1.165, 1.54) is 11.5 Å². The Bertz CT molecular complexity index is 238. The van der Waals surface area contributed by atoms with Crippen LogP contribution < -0.4 is 0 Å². The summed E-state index contributed by atoms with van der Waals surface area (Å²) in [6.07, 6.45) is 18.4. The monoisotopic (exact) mass is 268 g/mol. The Hall–Kier alpha value is 0.219. The van der Waals surface area contributed by atoms with Gasteiger partial charge in [0, 0.05) is 5.92 Å². The average molecular weight is 268 g/mol. The molecule has 2 fully saturated rings. The van der Waals surface area contributed by atoms with Crippen LogP contribution in [0.4, 0.5) is 0 Å². The van der Waals surface area contributed by atoms with E-state index in [2.05, 4.69) is 42.5 Å². The van der Waals surface area contributed by atoms with Crippen molar-refractivity contribution in [1.82, 2.24) is 0 Å². The fourth-order valence-corrected chi connectivity index (χ4v) is 1.98. The van der Waals surface area contributed by atoms with Gasteiger partial charge in [0.15, 0.2) is 0 Å². The van der Waals surface area contributed by atoms with Crippen LogP contribution in [0.3, 0.4) is 0 Å². The van der Waals surface area contributed by atoms with Crippen LogP contribution in [0.15, 0.2) is 16.8 Å². The van der Waals surface area contributed by atoms with Gasteiger partial charge in [0.2, 0.25) is 0 Å². The van der Waals surface area contributed by atoms with Gasteiger partial charge in [-0.2, -0.15) is 11.3 Å². The van der Waals surface area contributed by atoms with Crippen molar-refractivity contribution in [3.63, 3.8) is 0 Å². The Morgan fingerprint density at radius 1 is 0.750 bits per heavy atom. The summed E-state index contributed by atoms with van der Waals surface area (Å²) < 4.78 is 0. The molecule has 0 amide bonds. The van der Waals surface area contributed by atoms with Gasteiger partial charge < -0.3 is 0 Å². The molecule has 80 valence electrons. The second-order valence-corrected chi connectivity index (χ2v) is 3.93. The van der Waals surface area contributed by atoms with Crippen molar-refractivity contribution in [1.29, 1.82) is 0 Å². The van der Waals surface area contributed by atoms with Crippen molar-refractivity contribution in [3.05, 3.63) is 86.1 Å². The Balaban J connectivity index is 0.000000183. The molecule has 1 aromatic heterocycles. The van der Waals surface area contributed by atoms with Gasteiger partial charge in [-0.05, 0) is 80.2 Å². The maximum atomic E-state index is 2.16. The molecule has 0 aliphatic heterocycles. The third kappa shape index (κ3) is 4.61. The first-order valence-corrected chi connectivity index (χ1v) is 5.82. The summed E-state index contributed by atoms with van der Waals surface area (Å²) in [5.74, 6) is 1.32. The van der Waals surface area contributed by atoms with Gasteiger partial charge >= 0.3 is 17.1 Å². The summed E-state index contributed by atoms with van der Waals surface area (Å²) in [4.78, 5) is 0. The minimum absolute atomic E-state index is 0. The molecular formula is C14H12FeS+2. The maximum absolute atomic E-state index is 2.16. The minimum atomic E-state index is 0. The molecule has 0 nitrogen and oxygen atoms in total. The second kappa shape index (κ2) is 8.33. The number of hydrogen-bond acceptors (Lipinski definition) is 1. The quantitative estimate of drug-likeness (QED) is 0.684. The summed E-state index contributed by atoms with van der Waals surface area (Å²) in [5.41, 5.74) is 1.33. The Morgan fingerprint density at radius 3 is 1.75 bits per heavy atom. The zero-order valence-electron chi connectivity index (χ0n) is 8.69. The first-order valence-electron chi connectivity index (χ1n) is 4.88. The molecule has 2 aliphatic rings. The van der Waals surface area contributed by atoms with E-state index in [1.54, 1.807) is 11.3 Å². The molecule has 10 radical (unpaired) electrons. The van der Waals surface area contributed by atoms with E-state index >= 15 is 0 Å². The van der Waals surface area contributed by atoms with Crippen molar-refractivity contribution in [2.45, 2.75) is 0 Å². The number of rotatable bonds is 1. The molecule has 1 heterocycles. The zero-order valence-corrected chi connectivity index (χ0v) is 10.6. The fraction of sp³-hybridized carbons (Fsp3) is 0. The van der Waals surface area contributed by atoms with Gasteiger partial charge in [0.25, 0.3) is 0 Å². The van der Waals surface area contributed by atoms with Crippen molar-refractivity contribution >= 4 is 11.3 Å². The molecule has 0 atom stereocenters. The van der Waals surface area contributed by atoms with E-state index in [0.717, 1.165) is 0 Å². The van der Waals surface area contributed by atoms with Gasteiger partial charge in [0.05, 0.1) is 0 Å². The molecule has 0 unspecified atom stereocenters. The van der Waals surface area contributed by atoms with Crippen molar-refractivity contribution in [3.8, 4) is 0 Å². The summed E-state index contributed by atoms with van der Waals surface area (Å²) in [5, 5.41) is 4.26. The Labute approximate surface area is 114 Å². The predicted molar refractivity (Wildman–Crippen MR) is 65.4 cm³/mol. The number of thiophene rings is 1. The van der Waals surface area contributed by atoms with Crippen molar-refractivity contribution in [2.24, 2.45) is 0 Å². The van der Waals surface area contributed by atoms with Gasteiger partial charge in [-0.1, -0.05) is 0 Å². The van der Waals surface area contributed by atoms with Crippen LogP contribution in [0.5, 0.6) is 0 Å². The van der Waals surface area contributed by atoms with Crippen LogP contribution in [0.1, 0.15) is 5.56 Å². The summed E-state index contributed by atoms with van der Waals surface area (Å²) in [6.45, 7) is 0. The largest absolute Gasteiger partial charge is 2.00 e. The third-order valence-electron chi connectivity index (χ3n) is 2.07. The van der Waals surface area contributed by atoms with E-state index < -0.39 is 0 Å². The first kappa shape index (κ1) is 14.3. The Morgan fingerprint density at radius 2 is 1.31 bits per heavy atom. The molecule has 3 rings (SSSR count). The van der Waals surface area contributed by atoms with Crippen LogP contribution in [-0.2, 0) is 17.1 Å². The molecule has 0 saturated heterocycles. The van der Waals surface area contributed by atoms with Crippen LogP contribution in [0.2, 0.25) is 0 Å². The van der Waals surface area contributed by atoms with E-state index in [-0.39, 0.29) is 17.1 Å². The molecule has 0 spiro atoms. The molecule has 0 N–H and O–H groups in total. The fourth-order valence-electron chi connectivity index (χ4n) is 1.32. The van der Waals surface area contributed by atoms with Gasteiger partial charge in [-0.15, -0.1) is 0 Å². The smallest absolute Gasteiger partial charge is 0.152 e. The summed E-state index contributed by atoms with van der Waals surface area (Å²) in [7, 11) is 0. The third-order valence-corrected chi connectivity index (χ3v) is 2.76. The maximum Gasteiger partial charge on any atom is 2.00 e. The minimum Gasteiger partial charge on any atom is -0.152 e. The predicted octanol–water partition coefficient (Wildman–Crippen LogP) is 3.52. The second-order valence-electron chi connectivity index (χ2n) is 3.15. The normalized spacial score (nSPS) is 20.0. The first-order chi connectivity index (χ1) is 7.47. The van der Waals surface area contributed by atoms with Crippen LogP contribution in [0, 0.1) is 63.7 Å². The average Bonchev–Trinajstić information content (AvgIpc) is 3.06. The standard InChI is InChI=1S/C9H7S.C5H5.Fe/c1-2-4-8(3-1)9-5-6-10-7-9;1-2-4-5-3-1;/h1-7H;1-5H;/q;;+2. The number of hydrogen-bond donors (Lipinski definition) is 0. The van der Waals surface area contributed by atoms with Gasteiger partial charge in [-0.25, -0.2) is 0 Å². The molecule has 2 saturated carbocycles. The van der Waals surface area contributed by atoms with Crippen LogP contribution in [0.25, 0.3) is 0 Å². The molecule has 2 aliphatic carbocycles. The van der Waals surface area contributed by atoms with E-state index in [4.69, 9.17) is 0 Å². The summed E-state index contributed by atoms with van der Waals surface area (Å²) >= 11 is 1.74. The van der Waals surface area contributed by atoms with Gasteiger partial charge in [-0.3, -0.25) is 0 Å². The topological polar surface area (TPSA) is 0 Å². The molecule has 1 aromatic rings. The van der Waals surface area contributed by atoms with E-state index in [0.29, 0.717) is 0 Å². The van der Waals surface area contributed by atoms with Crippen LogP contribution in [-0.4, -0.2) is 0 Å². The summed E-state index contributed by atoms with van der Waals surface area (Å²) in [6, 6.07) is 2.14. The van der Waals surface area contributed by atoms with E-state index in [9.17, 15) is 0 Å². The van der Waals surface area contributed by atoms with E-state index in [1.807, 2.05) is 32.1 Å². The molecule has 16 heavy (non-hydrogen) atoms. The van der Waals surface area contributed by atoms with Gasteiger partial charge in [0.1, 0.15) is 0 Å². The van der Waals surface area contributed by atoms with Crippen LogP contribution >= 0.6 is 11.3 Å².